The van der Waals surface area contributed by atoms with E-state index in [-0.39, 0.29) is 23.5 Å². The fraction of sp³-hybridized carbons (Fsp3) is 0.0667. The van der Waals surface area contributed by atoms with Gasteiger partial charge in [-0.25, -0.2) is 9.18 Å². The number of aldehydes is 1. The number of hydrogen-bond acceptors (Lipinski definition) is 3. The Morgan fingerprint density at radius 2 is 1.90 bits per heavy atom. The third-order valence-corrected chi connectivity index (χ3v) is 2.64. The van der Waals surface area contributed by atoms with E-state index in [0.717, 1.165) is 11.6 Å². The normalized spacial score (nSPS) is 10.1. The first-order chi connectivity index (χ1) is 9.58. The van der Waals surface area contributed by atoms with Gasteiger partial charge >= 0.3 is 5.97 Å². The monoisotopic (exact) mass is 274 g/mol. The maximum absolute atomic E-state index is 13.2. The van der Waals surface area contributed by atoms with E-state index in [1.54, 1.807) is 12.1 Å². The van der Waals surface area contributed by atoms with E-state index in [9.17, 15) is 14.0 Å². The zero-order valence-electron chi connectivity index (χ0n) is 10.4. The van der Waals surface area contributed by atoms with Crippen LogP contribution in [0.15, 0.2) is 42.5 Å². The highest BCUT2D eigenvalue weighted by molar-refractivity contribution is 5.87. The molecule has 0 saturated heterocycles. The summed E-state index contributed by atoms with van der Waals surface area (Å²) in [6.45, 7) is 0.154. The highest BCUT2D eigenvalue weighted by Gasteiger charge is 2.04. The van der Waals surface area contributed by atoms with Crippen LogP contribution >= 0.6 is 0 Å². The average molecular weight is 274 g/mol. The molecule has 0 saturated carbocycles. The highest BCUT2D eigenvalue weighted by atomic mass is 19.1. The zero-order valence-corrected chi connectivity index (χ0v) is 10.4. The molecule has 102 valence electrons. The lowest BCUT2D eigenvalue weighted by molar-refractivity contribution is 0.0696. The second-order valence-electron chi connectivity index (χ2n) is 4.13. The standard InChI is InChI=1S/C15H11FO4/c16-13-5-11(8-17)6-14(7-13)20-9-10-1-3-12(4-2-10)15(18)19/h1-8H,9H2,(H,18,19). The Balaban J connectivity index is 2.06. The second-order valence-corrected chi connectivity index (χ2v) is 4.13. The fourth-order valence-electron chi connectivity index (χ4n) is 1.65. The van der Waals surface area contributed by atoms with E-state index >= 15 is 0 Å². The molecule has 0 unspecified atom stereocenters. The predicted molar refractivity (Wildman–Crippen MR) is 69.5 cm³/mol. The molecule has 5 heteroatoms. The maximum Gasteiger partial charge on any atom is 0.335 e. The van der Waals surface area contributed by atoms with Crippen LogP contribution in [0.5, 0.6) is 5.75 Å². The minimum atomic E-state index is -1.00. The van der Waals surface area contributed by atoms with Crippen molar-refractivity contribution in [1.29, 1.82) is 0 Å². The lowest BCUT2D eigenvalue weighted by atomic mass is 10.1. The van der Waals surface area contributed by atoms with Gasteiger partial charge < -0.3 is 9.84 Å². The Morgan fingerprint density at radius 3 is 2.50 bits per heavy atom. The molecule has 0 fully saturated rings. The van der Waals surface area contributed by atoms with E-state index in [1.807, 2.05) is 0 Å². The van der Waals surface area contributed by atoms with Crippen LogP contribution in [0.1, 0.15) is 26.3 Å². The lowest BCUT2D eigenvalue weighted by Crippen LogP contribution is -1.99. The van der Waals surface area contributed by atoms with Crippen molar-refractivity contribution in [2.75, 3.05) is 0 Å². The van der Waals surface area contributed by atoms with Gasteiger partial charge in [0.25, 0.3) is 0 Å². The molecule has 0 aliphatic rings. The summed E-state index contributed by atoms with van der Waals surface area (Å²) in [6, 6.07) is 9.88. The number of benzene rings is 2. The summed E-state index contributed by atoms with van der Waals surface area (Å²) in [5.74, 6) is -1.31. The van der Waals surface area contributed by atoms with E-state index < -0.39 is 11.8 Å². The van der Waals surface area contributed by atoms with Crippen molar-refractivity contribution in [3.8, 4) is 5.75 Å². The average Bonchev–Trinajstić information content (AvgIpc) is 2.45. The van der Waals surface area contributed by atoms with Gasteiger partial charge in [0.15, 0.2) is 0 Å². The molecule has 2 rings (SSSR count). The minimum Gasteiger partial charge on any atom is -0.489 e. The van der Waals surface area contributed by atoms with Crippen molar-refractivity contribution < 1.29 is 23.8 Å². The molecule has 1 N–H and O–H groups in total. The number of rotatable bonds is 5. The van der Waals surface area contributed by atoms with Gasteiger partial charge in [-0.2, -0.15) is 0 Å². The van der Waals surface area contributed by atoms with Crippen molar-refractivity contribution in [3.63, 3.8) is 0 Å². The minimum absolute atomic E-state index is 0.154. The van der Waals surface area contributed by atoms with Gasteiger partial charge in [0, 0.05) is 11.6 Å². The summed E-state index contributed by atoms with van der Waals surface area (Å²) in [5, 5.41) is 8.77. The van der Waals surface area contributed by atoms with E-state index in [1.165, 1.54) is 24.3 Å². The number of hydrogen-bond donors (Lipinski definition) is 1. The number of carboxylic acids is 1. The molecule has 0 atom stereocenters. The molecule has 0 amide bonds. The molecule has 4 nitrogen and oxygen atoms in total. The van der Waals surface area contributed by atoms with Gasteiger partial charge in [-0.05, 0) is 29.8 Å². The summed E-state index contributed by atoms with van der Waals surface area (Å²) in [7, 11) is 0. The van der Waals surface area contributed by atoms with Crippen LogP contribution < -0.4 is 4.74 Å². The van der Waals surface area contributed by atoms with Gasteiger partial charge in [-0.1, -0.05) is 12.1 Å². The topological polar surface area (TPSA) is 63.6 Å². The van der Waals surface area contributed by atoms with Crippen LogP contribution in [0.2, 0.25) is 0 Å². The molecule has 2 aromatic carbocycles. The number of carboxylic acid groups (broad SMARTS) is 1. The molecule has 0 aliphatic carbocycles. The first-order valence-electron chi connectivity index (χ1n) is 5.79. The first-order valence-corrected chi connectivity index (χ1v) is 5.79. The summed E-state index contributed by atoms with van der Waals surface area (Å²) < 4.78 is 18.5. The van der Waals surface area contributed by atoms with Crippen molar-refractivity contribution >= 4 is 12.3 Å². The molecule has 0 aromatic heterocycles. The predicted octanol–water partition coefficient (Wildman–Crippen LogP) is 2.92. The van der Waals surface area contributed by atoms with Gasteiger partial charge in [0.1, 0.15) is 24.5 Å². The van der Waals surface area contributed by atoms with Crippen LogP contribution in [0, 0.1) is 5.82 Å². The van der Waals surface area contributed by atoms with E-state index in [2.05, 4.69) is 0 Å². The first kappa shape index (κ1) is 13.7. The van der Waals surface area contributed by atoms with Gasteiger partial charge in [-0.3, -0.25) is 4.79 Å². The van der Waals surface area contributed by atoms with Crippen molar-refractivity contribution in [2.45, 2.75) is 6.61 Å². The number of carbonyl (C=O) groups excluding carboxylic acids is 1. The van der Waals surface area contributed by atoms with Gasteiger partial charge in [0.2, 0.25) is 0 Å². The molecule has 0 bridgehead atoms. The molecule has 20 heavy (non-hydrogen) atoms. The molecular weight excluding hydrogens is 263 g/mol. The number of carbonyl (C=O) groups is 2. The van der Waals surface area contributed by atoms with Crippen LogP contribution in [0.4, 0.5) is 4.39 Å². The van der Waals surface area contributed by atoms with Crippen molar-refractivity contribution in [1.82, 2.24) is 0 Å². The second kappa shape index (κ2) is 5.97. The third kappa shape index (κ3) is 3.41. The molecule has 0 aliphatic heterocycles. The number of aromatic carboxylic acids is 1. The Kier molecular flexibility index (Phi) is 4.10. The lowest BCUT2D eigenvalue weighted by Gasteiger charge is -2.07. The Morgan fingerprint density at radius 1 is 1.20 bits per heavy atom. The largest absolute Gasteiger partial charge is 0.489 e. The van der Waals surface area contributed by atoms with Crippen molar-refractivity contribution in [3.05, 3.63) is 65.0 Å². The Bertz CT molecular complexity index is 635. The van der Waals surface area contributed by atoms with E-state index in [4.69, 9.17) is 9.84 Å². The SMILES string of the molecule is O=Cc1cc(F)cc(OCc2ccc(C(=O)O)cc2)c1. The van der Waals surface area contributed by atoms with E-state index in [0.29, 0.717) is 6.29 Å². The van der Waals surface area contributed by atoms with Crippen LogP contribution in [-0.4, -0.2) is 17.4 Å². The summed E-state index contributed by atoms with van der Waals surface area (Å²) in [4.78, 5) is 21.3. The van der Waals surface area contributed by atoms with Crippen LogP contribution in [-0.2, 0) is 6.61 Å². The molecule has 0 heterocycles. The zero-order chi connectivity index (χ0) is 14.5. The number of ether oxygens (including phenoxy) is 1. The summed E-state index contributed by atoms with van der Waals surface area (Å²) in [5.41, 5.74) is 1.12. The van der Waals surface area contributed by atoms with Gasteiger partial charge in [0.05, 0.1) is 5.56 Å². The Hall–Kier alpha value is -2.69. The molecule has 0 spiro atoms. The molecule has 0 radical (unpaired) electrons. The van der Waals surface area contributed by atoms with Gasteiger partial charge in [-0.15, -0.1) is 0 Å². The molecular formula is C15H11FO4. The summed E-state index contributed by atoms with van der Waals surface area (Å²) in [6.07, 6.45) is 0.539. The number of halogens is 1. The van der Waals surface area contributed by atoms with Crippen molar-refractivity contribution in [2.24, 2.45) is 0 Å². The van der Waals surface area contributed by atoms with Crippen LogP contribution in [0.25, 0.3) is 0 Å². The summed E-state index contributed by atoms with van der Waals surface area (Å²) >= 11 is 0. The third-order valence-electron chi connectivity index (χ3n) is 2.64. The highest BCUT2D eigenvalue weighted by Crippen LogP contribution is 2.17. The fourth-order valence-corrected chi connectivity index (χ4v) is 1.65. The van der Waals surface area contributed by atoms with Crippen LogP contribution in [0.3, 0.4) is 0 Å². The smallest absolute Gasteiger partial charge is 0.335 e. The quantitative estimate of drug-likeness (QED) is 0.851. The molecule has 2 aromatic rings. The Labute approximate surface area is 114 Å². The maximum atomic E-state index is 13.2.